The van der Waals surface area contributed by atoms with Crippen molar-refractivity contribution in [3.8, 4) is 5.75 Å². The first kappa shape index (κ1) is 22.9. The zero-order valence-electron chi connectivity index (χ0n) is 16.8. The van der Waals surface area contributed by atoms with Crippen LogP contribution in [0.3, 0.4) is 0 Å². The van der Waals surface area contributed by atoms with Crippen LogP contribution in [0, 0.1) is 0 Å². The van der Waals surface area contributed by atoms with Crippen LogP contribution >= 0.6 is 0 Å². The van der Waals surface area contributed by atoms with Crippen molar-refractivity contribution in [1.29, 1.82) is 0 Å². The van der Waals surface area contributed by atoms with E-state index in [0.29, 0.717) is 23.6 Å². The minimum atomic E-state index is -3.78. The maximum absolute atomic E-state index is 12.5. The molecule has 1 atom stereocenters. The molecule has 10 heteroatoms. The van der Waals surface area contributed by atoms with Crippen molar-refractivity contribution in [2.75, 3.05) is 17.2 Å². The molecule has 1 amide bonds. The van der Waals surface area contributed by atoms with E-state index in [9.17, 15) is 23.1 Å². The molecule has 0 saturated carbocycles. The Morgan fingerprint density at radius 2 is 1.83 bits per heavy atom. The number of ether oxygens (including phenoxy) is 1. The van der Waals surface area contributed by atoms with Gasteiger partial charge >= 0.3 is 5.97 Å². The number of carbonyl (C=O) groups is 2. The third kappa shape index (κ3) is 5.80. The van der Waals surface area contributed by atoms with Gasteiger partial charge in [0.1, 0.15) is 11.8 Å². The van der Waals surface area contributed by atoms with Crippen molar-refractivity contribution in [2.45, 2.75) is 19.9 Å². The van der Waals surface area contributed by atoms with E-state index in [1.807, 2.05) is 6.92 Å². The standard InChI is InChI=1S/C20H23N3O6S/c1-4-29-17-11-9-16(10-12-17)23(30(3,27)28)14(2)19(24)22-21-13-15-7-5-6-8-18(15)20(25)26/h5-14H,4H2,1-3H3,(H,22,24)(H,25,26)/b21-13+. The van der Waals surface area contributed by atoms with Crippen LogP contribution in [0.2, 0.25) is 0 Å². The topological polar surface area (TPSA) is 125 Å². The molecule has 160 valence electrons. The summed E-state index contributed by atoms with van der Waals surface area (Å²) in [4.78, 5) is 23.7. The Bertz CT molecular complexity index is 1030. The highest BCUT2D eigenvalue weighted by Crippen LogP contribution is 2.24. The first-order valence-corrected chi connectivity index (χ1v) is 10.9. The van der Waals surface area contributed by atoms with Crippen molar-refractivity contribution >= 4 is 33.8 Å². The summed E-state index contributed by atoms with van der Waals surface area (Å²) in [5, 5.41) is 12.9. The summed E-state index contributed by atoms with van der Waals surface area (Å²) < 4.78 is 30.9. The molecule has 9 nitrogen and oxygen atoms in total. The van der Waals surface area contributed by atoms with E-state index >= 15 is 0 Å². The summed E-state index contributed by atoms with van der Waals surface area (Å²) in [7, 11) is -3.78. The Balaban J connectivity index is 2.19. The Kier molecular flexibility index (Phi) is 7.54. The van der Waals surface area contributed by atoms with Gasteiger partial charge in [0.15, 0.2) is 0 Å². The molecular weight excluding hydrogens is 410 g/mol. The highest BCUT2D eigenvalue weighted by molar-refractivity contribution is 7.92. The van der Waals surface area contributed by atoms with Crippen LogP contribution in [-0.2, 0) is 14.8 Å². The lowest BCUT2D eigenvalue weighted by molar-refractivity contribution is -0.121. The van der Waals surface area contributed by atoms with Crippen molar-refractivity contribution in [1.82, 2.24) is 5.43 Å². The van der Waals surface area contributed by atoms with Gasteiger partial charge in [-0.1, -0.05) is 18.2 Å². The van der Waals surface area contributed by atoms with Gasteiger partial charge in [-0.15, -0.1) is 0 Å². The molecule has 0 radical (unpaired) electrons. The van der Waals surface area contributed by atoms with Crippen molar-refractivity contribution < 1.29 is 27.9 Å². The van der Waals surface area contributed by atoms with Gasteiger partial charge in [0.05, 0.1) is 30.3 Å². The monoisotopic (exact) mass is 433 g/mol. The molecule has 1 unspecified atom stereocenters. The molecule has 2 aromatic carbocycles. The molecule has 30 heavy (non-hydrogen) atoms. The van der Waals surface area contributed by atoms with Crippen LogP contribution in [0.15, 0.2) is 53.6 Å². The second kappa shape index (κ2) is 9.88. The highest BCUT2D eigenvalue weighted by Gasteiger charge is 2.29. The molecule has 0 bridgehead atoms. The van der Waals surface area contributed by atoms with Crippen molar-refractivity contribution in [3.63, 3.8) is 0 Å². The molecule has 2 N–H and O–H groups in total. The molecule has 0 spiro atoms. The number of nitrogens with zero attached hydrogens (tertiary/aromatic N) is 2. The minimum Gasteiger partial charge on any atom is -0.494 e. The zero-order chi connectivity index (χ0) is 22.3. The van der Waals surface area contributed by atoms with Crippen molar-refractivity contribution in [3.05, 3.63) is 59.7 Å². The fourth-order valence-corrected chi connectivity index (χ4v) is 3.90. The predicted molar refractivity (Wildman–Crippen MR) is 114 cm³/mol. The summed E-state index contributed by atoms with van der Waals surface area (Å²) in [6, 6.07) is 11.4. The number of carboxylic acids is 1. The van der Waals surface area contributed by atoms with Gasteiger partial charge in [-0.3, -0.25) is 9.10 Å². The summed E-state index contributed by atoms with van der Waals surface area (Å²) in [6.45, 7) is 3.73. The third-order valence-corrected chi connectivity index (χ3v) is 5.30. The molecule has 0 aliphatic rings. The van der Waals surface area contributed by atoms with E-state index < -0.39 is 27.9 Å². The molecule has 0 aromatic heterocycles. The largest absolute Gasteiger partial charge is 0.494 e. The molecule has 0 heterocycles. The summed E-state index contributed by atoms with van der Waals surface area (Å²) in [6.07, 6.45) is 2.19. The van der Waals surface area contributed by atoms with Gasteiger partial charge in [-0.2, -0.15) is 5.10 Å². The number of sulfonamides is 1. The van der Waals surface area contributed by atoms with Crippen LogP contribution in [0.25, 0.3) is 0 Å². The molecule has 2 rings (SSSR count). The van der Waals surface area contributed by atoms with Gasteiger partial charge in [-0.05, 0) is 44.2 Å². The number of hydrazone groups is 1. The number of anilines is 1. The number of nitrogens with one attached hydrogen (secondary N) is 1. The normalized spacial score (nSPS) is 12.4. The van der Waals surface area contributed by atoms with Crippen LogP contribution in [0.1, 0.15) is 29.8 Å². The lowest BCUT2D eigenvalue weighted by Crippen LogP contribution is -2.46. The summed E-state index contributed by atoms with van der Waals surface area (Å²) in [5.74, 6) is -1.23. The first-order chi connectivity index (χ1) is 14.1. The van der Waals surface area contributed by atoms with Crippen LogP contribution < -0.4 is 14.5 Å². The van der Waals surface area contributed by atoms with Crippen LogP contribution in [0.5, 0.6) is 5.75 Å². The van der Waals surface area contributed by atoms with Gasteiger partial charge in [0.25, 0.3) is 5.91 Å². The quantitative estimate of drug-likeness (QED) is 0.461. The van der Waals surface area contributed by atoms with E-state index in [-0.39, 0.29) is 5.56 Å². The number of amides is 1. The lowest BCUT2D eigenvalue weighted by atomic mass is 10.1. The predicted octanol–water partition coefficient (Wildman–Crippen LogP) is 2.09. The van der Waals surface area contributed by atoms with E-state index in [2.05, 4.69) is 10.5 Å². The number of hydrogen-bond donors (Lipinski definition) is 2. The Labute approximate surface area is 175 Å². The zero-order valence-corrected chi connectivity index (χ0v) is 17.6. The SMILES string of the molecule is CCOc1ccc(N(C(C)C(=O)N/N=C/c2ccccc2C(=O)O)S(C)(=O)=O)cc1. The number of carbonyl (C=O) groups excluding carboxylic acids is 1. The van der Waals surface area contributed by atoms with E-state index in [1.165, 1.54) is 25.3 Å². The number of rotatable bonds is 9. The number of hydrogen-bond acceptors (Lipinski definition) is 6. The smallest absolute Gasteiger partial charge is 0.336 e. The van der Waals surface area contributed by atoms with E-state index in [4.69, 9.17) is 4.74 Å². The Morgan fingerprint density at radius 3 is 2.40 bits per heavy atom. The third-order valence-electron chi connectivity index (χ3n) is 4.06. The number of aromatic carboxylic acids is 1. The second-order valence-corrected chi connectivity index (χ2v) is 8.15. The lowest BCUT2D eigenvalue weighted by Gasteiger charge is -2.27. The molecule has 0 aliphatic heterocycles. The summed E-state index contributed by atoms with van der Waals surface area (Å²) in [5.41, 5.74) is 2.87. The maximum Gasteiger partial charge on any atom is 0.336 e. The number of benzene rings is 2. The fraction of sp³-hybridized carbons (Fsp3) is 0.250. The van der Waals surface area contributed by atoms with Gasteiger partial charge in [-0.25, -0.2) is 18.6 Å². The van der Waals surface area contributed by atoms with Crippen LogP contribution in [-0.4, -0.2) is 50.5 Å². The Morgan fingerprint density at radius 1 is 1.20 bits per heavy atom. The van der Waals surface area contributed by atoms with Crippen molar-refractivity contribution in [2.24, 2.45) is 5.10 Å². The molecular formula is C20H23N3O6S. The van der Waals surface area contributed by atoms with Gasteiger partial charge < -0.3 is 9.84 Å². The maximum atomic E-state index is 12.5. The van der Waals surface area contributed by atoms with Gasteiger partial charge in [0.2, 0.25) is 10.0 Å². The van der Waals surface area contributed by atoms with E-state index in [0.717, 1.165) is 10.6 Å². The molecule has 0 saturated heterocycles. The Hall–Kier alpha value is -3.40. The molecule has 0 fully saturated rings. The second-order valence-electron chi connectivity index (χ2n) is 6.29. The van der Waals surface area contributed by atoms with Crippen LogP contribution in [0.4, 0.5) is 5.69 Å². The summed E-state index contributed by atoms with van der Waals surface area (Å²) >= 11 is 0. The average Bonchev–Trinajstić information content (AvgIpc) is 2.68. The first-order valence-electron chi connectivity index (χ1n) is 9.02. The minimum absolute atomic E-state index is 0.0238. The van der Waals surface area contributed by atoms with Gasteiger partial charge in [0, 0.05) is 5.56 Å². The number of carboxylic acid groups (broad SMARTS) is 1. The molecule has 2 aromatic rings. The fourth-order valence-electron chi connectivity index (χ4n) is 2.73. The average molecular weight is 433 g/mol. The molecule has 0 aliphatic carbocycles. The highest BCUT2D eigenvalue weighted by atomic mass is 32.2. The van der Waals surface area contributed by atoms with E-state index in [1.54, 1.807) is 36.4 Å².